The molecule has 0 spiro atoms. The fourth-order valence-electron chi connectivity index (χ4n) is 2.48. The van der Waals surface area contributed by atoms with E-state index in [4.69, 9.17) is 9.47 Å². The largest absolute Gasteiger partial charge is 0.497 e. The first-order valence-electron chi connectivity index (χ1n) is 8.74. The maximum absolute atomic E-state index is 12.2. The van der Waals surface area contributed by atoms with Crippen molar-refractivity contribution in [1.82, 2.24) is 5.32 Å². The average molecular weight is 412 g/mol. The van der Waals surface area contributed by atoms with Gasteiger partial charge in [-0.15, -0.1) is 5.10 Å². The van der Waals surface area contributed by atoms with Crippen molar-refractivity contribution >= 4 is 40.6 Å². The molecular formula is C20H20N4O4S. The summed E-state index contributed by atoms with van der Waals surface area (Å²) in [6, 6.07) is 14.3. The van der Waals surface area contributed by atoms with E-state index in [1.165, 1.54) is 11.8 Å². The molecule has 1 unspecified atom stereocenters. The van der Waals surface area contributed by atoms with Gasteiger partial charge >= 0.3 is 0 Å². The van der Waals surface area contributed by atoms with Crippen LogP contribution in [0.15, 0.2) is 58.7 Å². The molecule has 0 saturated carbocycles. The van der Waals surface area contributed by atoms with Gasteiger partial charge in [0.1, 0.15) is 16.7 Å². The second-order valence-electron chi connectivity index (χ2n) is 6.00. The smallest absolute Gasteiger partial charge is 0.240 e. The van der Waals surface area contributed by atoms with Crippen molar-refractivity contribution in [3.8, 4) is 11.5 Å². The van der Waals surface area contributed by atoms with Crippen LogP contribution >= 0.6 is 11.8 Å². The Bertz CT molecular complexity index is 927. The normalized spacial score (nSPS) is 17.4. The number of amides is 2. The van der Waals surface area contributed by atoms with Gasteiger partial charge < -0.3 is 20.1 Å². The minimum Gasteiger partial charge on any atom is -0.497 e. The third-order valence-corrected chi connectivity index (χ3v) is 5.06. The van der Waals surface area contributed by atoms with Crippen molar-refractivity contribution in [2.24, 2.45) is 10.2 Å². The highest BCUT2D eigenvalue weighted by molar-refractivity contribution is 8.15. The van der Waals surface area contributed by atoms with Gasteiger partial charge in [0.15, 0.2) is 5.17 Å². The molecule has 0 bridgehead atoms. The molecular weight excluding hydrogens is 392 g/mol. The van der Waals surface area contributed by atoms with E-state index >= 15 is 0 Å². The Labute approximate surface area is 172 Å². The van der Waals surface area contributed by atoms with E-state index < -0.39 is 5.25 Å². The zero-order valence-electron chi connectivity index (χ0n) is 15.9. The second-order valence-corrected chi connectivity index (χ2v) is 7.19. The van der Waals surface area contributed by atoms with Crippen molar-refractivity contribution in [2.45, 2.75) is 11.7 Å². The fraction of sp³-hybridized carbons (Fsp3) is 0.200. The van der Waals surface area contributed by atoms with Crippen LogP contribution in [0.4, 0.5) is 5.69 Å². The third kappa shape index (κ3) is 5.82. The second kappa shape index (κ2) is 9.74. The third-order valence-electron chi connectivity index (χ3n) is 3.99. The number of nitrogens with zero attached hydrogens (tertiary/aromatic N) is 2. The van der Waals surface area contributed by atoms with E-state index in [1.54, 1.807) is 44.7 Å². The molecule has 8 nitrogen and oxygen atoms in total. The van der Waals surface area contributed by atoms with Crippen molar-refractivity contribution in [2.75, 3.05) is 19.5 Å². The summed E-state index contributed by atoms with van der Waals surface area (Å²) in [5.41, 5.74) is 1.48. The topological polar surface area (TPSA) is 101 Å². The molecule has 1 heterocycles. The molecule has 29 heavy (non-hydrogen) atoms. The predicted molar refractivity (Wildman–Crippen MR) is 114 cm³/mol. The number of carbonyl (C=O) groups is 2. The van der Waals surface area contributed by atoms with Crippen LogP contribution in [-0.4, -0.2) is 42.7 Å². The summed E-state index contributed by atoms with van der Waals surface area (Å²) in [4.78, 5) is 24.3. The van der Waals surface area contributed by atoms with Gasteiger partial charge in [0, 0.05) is 12.1 Å². The number of hydrogen-bond donors (Lipinski definition) is 2. The van der Waals surface area contributed by atoms with E-state index in [0.717, 1.165) is 11.3 Å². The minimum absolute atomic E-state index is 0.0315. The Morgan fingerprint density at radius 2 is 1.72 bits per heavy atom. The highest BCUT2D eigenvalue weighted by Gasteiger charge is 2.32. The lowest BCUT2D eigenvalue weighted by atomic mass is 10.2. The summed E-state index contributed by atoms with van der Waals surface area (Å²) < 4.78 is 10.2. The highest BCUT2D eigenvalue weighted by Crippen LogP contribution is 2.23. The van der Waals surface area contributed by atoms with Gasteiger partial charge in [0.05, 0.1) is 20.4 Å². The molecule has 1 aliphatic heterocycles. The number of rotatable bonds is 7. The van der Waals surface area contributed by atoms with E-state index in [1.807, 2.05) is 24.3 Å². The van der Waals surface area contributed by atoms with Crippen LogP contribution in [0.3, 0.4) is 0 Å². The predicted octanol–water partition coefficient (Wildman–Crippen LogP) is 2.65. The van der Waals surface area contributed by atoms with Gasteiger partial charge in [-0.25, -0.2) is 0 Å². The Morgan fingerprint density at radius 1 is 1.10 bits per heavy atom. The molecule has 3 rings (SSSR count). The van der Waals surface area contributed by atoms with Crippen LogP contribution in [0.1, 0.15) is 12.0 Å². The lowest BCUT2D eigenvalue weighted by Gasteiger charge is -2.08. The van der Waals surface area contributed by atoms with Gasteiger partial charge in [-0.3, -0.25) is 9.59 Å². The summed E-state index contributed by atoms with van der Waals surface area (Å²) in [7, 11) is 3.17. The zero-order chi connectivity index (χ0) is 20.6. The standard InChI is InChI=1S/C20H20N4O4S/c1-27-15-7-3-13(4-8-15)12-21-24-20-23-19(26)17(29-20)11-18(25)22-14-5-9-16(28-2)10-6-14/h3-10,12,17H,11H2,1-2H3,(H,22,25)(H,23,24,26). The van der Waals surface area contributed by atoms with Gasteiger partial charge in [0.2, 0.25) is 11.8 Å². The maximum Gasteiger partial charge on any atom is 0.240 e. The lowest BCUT2D eigenvalue weighted by molar-refractivity contribution is -0.122. The van der Waals surface area contributed by atoms with Crippen molar-refractivity contribution in [3.63, 3.8) is 0 Å². The summed E-state index contributed by atoms with van der Waals surface area (Å²) >= 11 is 1.18. The molecule has 0 aromatic heterocycles. The first kappa shape index (κ1) is 20.4. The van der Waals surface area contributed by atoms with E-state index in [-0.39, 0.29) is 18.2 Å². The first-order chi connectivity index (χ1) is 14.1. The van der Waals surface area contributed by atoms with Crippen LogP contribution in [0.25, 0.3) is 0 Å². The molecule has 2 amide bonds. The summed E-state index contributed by atoms with van der Waals surface area (Å²) in [5.74, 6) is 0.927. The molecule has 1 fully saturated rings. The number of carbonyl (C=O) groups excluding carboxylic acids is 2. The number of ether oxygens (including phenoxy) is 2. The number of thioether (sulfide) groups is 1. The van der Waals surface area contributed by atoms with E-state index in [9.17, 15) is 9.59 Å². The van der Waals surface area contributed by atoms with Crippen molar-refractivity contribution in [1.29, 1.82) is 0 Å². The molecule has 2 N–H and O–H groups in total. The van der Waals surface area contributed by atoms with E-state index in [2.05, 4.69) is 20.8 Å². The van der Waals surface area contributed by atoms with Gasteiger partial charge in [-0.2, -0.15) is 5.10 Å². The summed E-state index contributed by atoms with van der Waals surface area (Å²) in [5, 5.41) is 13.2. The fourth-order valence-corrected chi connectivity index (χ4v) is 3.40. The number of nitrogens with one attached hydrogen (secondary N) is 2. The Hall–Kier alpha value is -3.33. The molecule has 1 aliphatic rings. The number of hydrogen-bond acceptors (Lipinski definition) is 7. The molecule has 0 aliphatic carbocycles. The summed E-state index contributed by atoms with van der Waals surface area (Å²) in [6.45, 7) is 0. The van der Waals surface area contributed by atoms with Gasteiger partial charge in [-0.05, 0) is 54.1 Å². The van der Waals surface area contributed by atoms with Gasteiger partial charge in [0.25, 0.3) is 0 Å². The summed E-state index contributed by atoms with van der Waals surface area (Å²) in [6.07, 6.45) is 1.60. The first-order valence-corrected chi connectivity index (χ1v) is 9.62. The highest BCUT2D eigenvalue weighted by atomic mass is 32.2. The Kier molecular flexibility index (Phi) is 6.85. The quantitative estimate of drug-likeness (QED) is 0.538. The average Bonchev–Trinajstić information content (AvgIpc) is 3.08. The van der Waals surface area contributed by atoms with Crippen LogP contribution in [-0.2, 0) is 9.59 Å². The molecule has 0 radical (unpaired) electrons. The number of amidine groups is 1. The zero-order valence-corrected chi connectivity index (χ0v) is 16.7. The molecule has 1 atom stereocenters. The van der Waals surface area contributed by atoms with Crippen LogP contribution < -0.4 is 20.1 Å². The SMILES string of the molecule is COc1ccc(C=NN=C2NC(=O)C(CC(=O)Nc3ccc(OC)cc3)S2)cc1. The monoisotopic (exact) mass is 412 g/mol. The van der Waals surface area contributed by atoms with E-state index in [0.29, 0.717) is 16.6 Å². The molecule has 2 aromatic carbocycles. The van der Waals surface area contributed by atoms with Crippen molar-refractivity contribution in [3.05, 3.63) is 54.1 Å². The molecule has 2 aromatic rings. The van der Waals surface area contributed by atoms with Crippen LogP contribution in [0.2, 0.25) is 0 Å². The van der Waals surface area contributed by atoms with Crippen LogP contribution in [0.5, 0.6) is 11.5 Å². The molecule has 9 heteroatoms. The Morgan fingerprint density at radius 3 is 2.34 bits per heavy atom. The number of methoxy groups -OCH3 is 2. The van der Waals surface area contributed by atoms with Crippen molar-refractivity contribution < 1.29 is 19.1 Å². The lowest BCUT2D eigenvalue weighted by Crippen LogP contribution is -2.28. The Balaban J connectivity index is 1.52. The van der Waals surface area contributed by atoms with Crippen LogP contribution in [0, 0.1) is 0 Å². The minimum atomic E-state index is -0.553. The maximum atomic E-state index is 12.2. The molecule has 150 valence electrons. The number of benzene rings is 2. The number of anilines is 1. The molecule has 1 saturated heterocycles. The van der Waals surface area contributed by atoms with Gasteiger partial charge in [-0.1, -0.05) is 11.8 Å².